The van der Waals surface area contributed by atoms with Gasteiger partial charge < -0.3 is 9.88 Å². The van der Waals surface area contributed by atoms with E-state index in [0.29, 0.717) is 0 Å². The van der Waals surface area contributed by atoms with E-state index in [9.17, 15) is 0 Å². The molecule has 0 fully saturated rings. The van der Waals surface area contributed by atoms with Crippen LogP contribution in [0.5, 0.6) is 0 Å². The predicted octanol–water partition coefficient (Wildman–Crippen LogP) is 2.84. The summed E-state index contributed by atoms with van der Waals surface area (Å²) in [6.45, 7) is 11.5. The van der Waals surface area contributed by atoms with E-state index in [4.69, 9.17) is 4.98 Å². The molecule has 20 heavy (non-hydrogen) atoms. The Hall–Kier alpha value is -1.20. The molecule has 2 rings (SSSR count). The normalized spacial score (nSPS) is 12.0. The molecule has 0 aliphatic heterocycles. The third-order valence-corrected chi connectivity index (χ3v) is 3.97. The van der Waals surface area contributed by atoms with Gasteiger partial charge in [0.2, 0.25) is 0 Å². The van der Waals surface area contributed by atoms with Crippen LogP contribution in [-0.2, 0) is 18.4 Å². The summed E-state index contributed by atoms with van der Waals surface area (Å²) in [4.78, 5) is 9.16. The van der Waals surface area contributed by atoms with Gasteiger partial charge in [0.1, 0.15) is 5.01 Å². The summed E-state index contributed by atoms with van der Waals surface area (Å²) >= 11 is 1.73. The molecule has 2 aromatic rings. The third kappa shape index (κ3) is 4.15. The Kier molecular flexibility index (Phi) is 4.94. The Labute approximate surface area is 125 Å². The standard InChI is InChI=1S/C15H24N4S/c1-5-16-7-6-12-8-19(11-17-12)9-14-18-13(10-20-14)15(2,3)4/h8,10-11,16H,5-7,9H2,1-4H3. The Balaban J connectivity index is 1.95. The molecule has 0 saturated carbocycles. The van der Waals surface area contributed by atoms with Crippen molar-refractivity contribution in [2.75, 3.05) is 13.1 Å². The highest BCUT2D eigenvalue weighted by atomic mass is 32.1. The molecule has 4 nitrogen and oxygen atoms in total. The molecular weight excluding hydrogens is 268 g/mol. The molecular formula is C15H24N4S. The van der Waals surface area contributed by atoms with Crippen LogP contribution in [0.15, 0.2) is 17.9 Å². The highest BCUT2D eigenvalue weighted by Crippen LogP contribution is 2.24. The zero-order valence-electron chi connectivity index (χ0n) is 12.8. The number of imidazole rings is 1. The minimum Gasteiger partial charge on any atom is -0.330 e. The topological polar surface area (TPSA) is 42.7 Å². The second kappa shape index (κ2) is 6.50. The molecule has 0 atom stereocenters. The summed E-state index contributed by atoms with van der Waals surface area (Å²) in [7, 11) is 0. The van der Waals surface area contributed by atoms with Crippen molar-refractivity contribution in [1.82, 2.24) is 19.9 Å². The quantitative estimate of drug-likeness (QED) is 0.833. The fraction of sp³-hybridized carbons (Fsp3) is 0.600. The molecule has 110 valence electrons. The average molecular weight is 292 g/mol. The molecule has 0 amide bonds. The summed E-state index contributed by atoms with van der Waals surface area (Å²) in [5, 5.41) is 6.63. The Morgan fingerprint density at radius 2 is 2.15 bits per heavy atom. The van der Waals surface area contributed by atoms with Gasteiger partial charge in [0.15, 0.2) is 0 Å². The molecule has 0 aliphatic carbocycles. The lowest BCUT2D eigenvalue weighted by Crippen LogP contribution is -2.16. The number of nitrogens with one attached hydrogen (secondary N) is 1. The minimum absolute atomic E-state index is 0.126. The summed E-state index contributed by atoms with van der Waals surface area (Å²) in [6, 6.07) is 0. The predicted molar refractivity (Wildman–Crippen MR) is 84.4 cm³/mol. The van der Waals surface area contributed by atoms with Crippen LogP contribution < -0.4 is 5.32 Å². The maximum Gasteiger partial charge on any atom is 0.113 e. The zero-order chi connectivity index (χ0) is 14.6. The van der Waals surface area contributed by atoms with Crippen molar-refractivity contribution in [3.63, 3.8) is 0 Å². The molecule has 0 aromatic carbocycles. The number of hydrogen-bond acceptors (Lipinski definition) is 4. The van der Waals surface area contributed by atoms with Gasteiger partial charge in [0.25, 0.3) is 0 Å². The monoisotopic (exact) mass is 292 g/mol. The summed E-state index contributed by atoms with van der Waals surface area (Å²) < 4.78 is 2.12. The summed E-state index contributed by atoms with van der Waals surface area (Å²) in [5.41, 5.74) is 2.43. The lowest BCUT2D eigenvalue weighted by atomic mass is 9.93. The Morgan fingerprint density at radius 1 is 1.35 bits per heavy atom. The van der Waals surface area contributed by atoms with E-state index in [2.05, 4.69) is 54.1 Å². The number of aromatic nitrogens is 3. The van der Waals surface area contributed by atoms with Gasteiger partial charge in [-0.1, -0.05) is 27.7 Å². The third-order valence-electron chi connectivity index (χ3n) is 3.13. The number of likely N-dealkylation sites (N-methyl/N-ethyl adjacent to an activating group) is 1. The average Bonchev–Trinajstić information content (AvgIpc) is 2.99. The molecule has 0 spiro atoms. The highest BCUT2D eigenvalue weighted by molar-refractivity contribution is 7.09. The molecule has 0 unspecified atom stereocenters. The smallest absolute Gasteiger partial charge is 0.113 e. The molecule has 0 aliphatic rings. The highest BCUT2D eigenvalue weighted by Gasteiger charge is 2.17. The molecule has 0 bridgehead atoms. The van der Waals surface area contributed by atoms with Crippen LogP contribution in [0.2, 0.25) is 0 Å². The second-order valence-electron chi connectivity index (χ2n) is 6.02. The van der Waals surface area contributed by atoms with Crippen molar-refractivity contribution in [3.05, 3.63) is 34.3 Å². The van der Waals surface area contributed by atoms with E-state index in [-0.39, 0.29) is 5.41 Å². The van der Waals surface area contributed by atoms with Gasteiger partial charge in [-0.2, -0.15) is 0 Å². The van der Waals surface area contributed by atoms with Gasteiger partial charge in [-0.15, -0.1) is 11.3 Å². The Morgan fingerprint density at radius 3 is 2.80 bits per heavy atom. The van der Waals surface area contributed by atoms with Crippen LogP contribution in [-0.4, -0.2) is 27.6 Å². The van der Waals surface area contributed by atoms with E-state index >= 15 is 0 Å². The second-order valence-corrected chi connectivity index (χ2v) is 6.96. The summed E-state index contributed by atoms with van der Waals surface area (Å²) in [6.07, 6.45) is 5.00. The lowest BCUT2D eigenvalue weighted by Gasteiger charge is -2.14. The van der Waals surface area contributed by atoms with Crippen molar-refractivity contribution in [3.8, 4) is 0 Å². The van der Waals surface area contributed by atoms with Gasteiger partial charge in [0, 0.05) is 30.0 Å². The van der Waals surface area contributed by atoms with E-state index < -0.39 is 0 Å². The fourth-order valence-corrected chi connectivity index (χ4v) is 2.93. The molecule has 0 radical (unpaired) electrons. The molecule has 1 N–H and O–H groups in total. The summed E-state index contributed by atoms with van der Waals surface area (Å²) in [5.74, 6) is 0. The maximum atomic E-state index is 4.72. The van der Waals surface area contributed by atoms with Gasteiger partial charge in [-0.25, -0.2) is 9.97 Å². The van der Waals surface area contributed by atoms with Crippen molar-refractivity contribution in [1.29, 1.82) is 0 Å². The van der Waals surface area contributed by atoms with Crippen LogP contribution >= 0.6 is 11.3 Å². The first-order chi connectivity index (χ1) is 9.49. The van der Waals surface area contributed by atoms with Crippen LogP contribution in [0.4, 0.5) is 0 Å². The number of nitrogens with zero attached hydrogens (tertiary/aromatic N) is 3. The minimum atomic E-state index is 0.126. The molecule has 2 aromatic heterocycles. The van der Waals surface area contributed by atoms with E-state index in [1.807, 2.05) is 6.33 Å². The fourth-order valence-electron chi connectivity index (χ4n) is 1.90. The Bertz CT molecular complexity index is 536. The molecule has 5 heteroatoms. The first-order valence-corrected chi connectivity index (χ1v) is 8.03. The first kappa shape index (κ1) is 15.2. The SMILES string of the molecule is CCNCCc1cn(Cc2nc(C(C)(C)C)cs2)cn1. The van der Waals surface area contributed by atoms with Gasteiger partial charge in [-0.05, 0) is 6.54 Å². The van der Waals surface area contributed by atoms with Crippen molar-refractivity contribution >= 4 is 11.3 Å². The van der Waals surface area contributed by atoms with Crippen LogP contribution in [0.3, 0.4) is 0 Å². The maximum absolute atomic E-state index is 4.72. The zero-order valence-corrected chi connectivity index (χ0v) is 13.6. The molecule has 0 saturated heterocycles. The van der Waals surface area contributed by atoms with Crippen LogP contribution in [0.1, 0.15) is 44.1 Å². The first-order valence-electron chi connectivity index (χ1n) is 7.15. The van der Waals surface area contributed by atoms with Gasteiger partial charge in [0.05, 0.1) is 24.3 Å². The van der Waals surface area contributed by atoms with Crippen molar-refractivity contribution < 1.29 is 0 Å². The van der Waals surface area contributed by atoms with Gasteiger partial charge >= 0.3 is 0 Å². The van der Waals surface area contributed by atoms with Crippen molar-refractivity contribution in [2.45, 2.75) is 46.1 Å². The van der Waals surface area contributed by atoms with E-state index in [1.54, 1.807) is 11.3 Å². The van der Waals surface area contributed by atoms with Crippen LogP contribution in [0.25, 0.3) is 0 Å². The van der Waals surface area contributed by atoms with Crippen LogP contribution in [0, 0.1) is 0 Å². The van der Waals surface area contributed by atoms with E-state index in [1.165, 1.54) is 5.69 Å². The largest absolute Gasteiger partial charge is 0.330 e. The lowest BCUT2D eigenvalue weighted by molar-refractivity contribution is 0.569. The molecule has 2 heterocycles. The van der Waals surface area contributed by atoms with E-state index in [0.717, 1.165) is 36.8 Å². The number of thiazole rings is 1. The number of hydrogen-bond donors (Lipinski definition) is 1. The number of rotatable bonds is 6. The van der Waals surface area contributed by atoms with Crippen molar-refractivity contribution in [2.24, 2.45) is 0 Å². The van der Waals surface area contributed by atoms with Gasteiger partial charge in [-0.3, -0.25) is 0 Å².